The van der Waals surface area contributed by atoms with Crippen molar-refractivity contribution in [2.45, 2.75) is 50.6 Å². The zero-order valence-corrected chi connectivity index (χ0v) is 19.0. The molecule has 0 unspecified atom stereocenters. The van der Waals surface area contributed by atoms with Gasteiger partial charge in [0.2, 0.25) is 11.8 Å². The fraction of sp³-hybridized carbons (Fsp3) is 0.500. The number of aromatic amines is 1. The number of amides is 2. The van der Waals surface area contributed by atoms with Gasteiger partial charge in [-0.15, -0.1) is 0 Å². The molecule has 7 nitrogen and oxygen atoms in total. The van der Waals surface area contributed by atoms with Crippen LogP contribution in [0.1, 0.15) is 44.2 Å². The molecule has 3 N–H and O–H groups in total. The van der Waals surface area contributed by atoms with Gasteiger partial charge in [-0.25, -0.2) is 4.98 Å². The molecule has 1 heterocycles. The lowest BCUT2D eigenvalue weighted by Gasteiger charge is -2.55. The van der Waals surface area contributed by atoms with Crippen molar-refractivity contribution in [3.05, 3.63) is 46.4 Å². The predicted octanol–water partition coefficient (Wildman–Crippen LogP) is 3.96. The van der Waals surface area contributed by atoms with E-state index in [0.717, 1.165) is 19.3 Å². The average molecular weight is 453 g/mol. The molecule has 168 valence electrons. The Bertz CT molecular complexity index is 1080. The van der Waals surface area contributed by atoms with Crippen LogP contribution < -0.4 is 16.2 Å². The zero-order chi connectivity index (χ0) is 22.3. The summed E-state index contributed by atoms with van der Waals surface area (Å²) in [6.07, 6.45) is 6.97. The molecule has 6 rings (SSSR count). The molecule has 32 heavy (non-hydrogen) atoms. The van der Waals surface area contributed by atoms with Crippen molar-refractivity contribution in [1.82, 2.24) is 9.97 Å². The molecule has 1 aromatic carbocycles. The van der Waals surface area contributed by atoms with Crippen molar-refractivity contribution in [2.24, 2.45) is 23.2 Å². The van der Waals surface area contributed by atoms with Crippen LogP contribution in [-0.4, -0.2) is 27.5 Å². The second-order valence-corrected chi connectivity index (χ2v) is 10.7. The molecule has 0 atom stereocenters. The number of benzene rings is 1. The third kappa shape index (κ3) is 4.46. The van der Waals surface area contributed by atoms with Crippen LogP contribution in [0.3, 0.4) is 0 Å². The Morgan fingerprint density at radius 1 is 1.06 bits per heavy atom. The van der Waals surface area contributed by atoms with E-state index in [-0.39, 0.29) is 28.5 Å². The number of anilines is 2. The van der Waals surface area contributed by atoms with Crippen molar-refractivity contribution < 1.29 is 9.59 Å². The topological polar surface area (TPSA) is 104 Å². The zero-order valence-electron chi connectivity index (χ0n) is 18.1. The van der Waals surface area contributed by atoms with Gasteiger partial charge in [0.15, 0.2) is 5.16 Å². The van der Waals surface area contributed by atoms with Gasteiger partial charge in [-0.05, 0) is 81.4 Å². The van der Waals surface area contributed by atoms with E-state index in [1.165, 1.54) is 37.1 Å². The lowest BCUT2D eigenvalue weighted by atomic mass is 9.49. The van der Waals surface area contributed by atoms with Crippen LogP contribution in [0.4, 0.5) is 11.4 Å². The highest BCUT2D eigenvalue weighted by Crippen LogP contribution is 2.60. The van der Waals surface area contributed by atoms with Gasteiger partial charge in [-0.3, -0.25) is 14.4 Å². The summed E-state index contributed by atoms with van der Waals surface area (Å²) in [6.45, 7) is 1.74. The van der Waals surface area contributed by atoms with Gasteiger partial charge in [-0.1, -0.05) is 17.8 Å². The summed E-state index contributed by atoms with van der Waals surface area (Å²) in [5, 5.41) is 6.42. The number of hydrogen-bond donors (Lipinski definition) is 3. The van der Waals surface area contributed by atoms with E-state index in [4.69, 9.17) is 0 Å². The second kappa shape index (κ2) is 8.39. The number of H-pyrrole nitrogens is 1. The van der Waals surface area contributed by atoms with Crippen LogP contribution in [0.5, 0.6) is 0 Å². The summed E-state index contributed by atoms with van der Waals surface area (Å²) in [6, 6.07) is 8.71. The lowest BCUT2D eigenvalue weighted by molar-refractivity contribution is -0.140. The minimum atomic E-state index is -0.233. The molecule has 4 aliphatic rings. The van der Waals surface area contributed by atoms with Gasteiger partial charge in [0.1, 0.15) is 0 Å². The van der Waals surface area contributed by atoms with Crippen LogP contribution in [-0.2, 0) is 9.59 Å². The van der Waals surface area contributed by atoms with Crippen molar-refractivity contribution in [2.75, 3.05) is 16.4 Å². The summed E-state index contributed by atoms with van der Waals surface area (Å²) >= 11 is 1.17. The molecular formula is C24H28N4O3S. The first-order valence-corrected chi connectivity index (χ1v) is 12.3. The van der Waals surface area contributed by atoms with E-state index >= 15 is 0 Å². The molecule has 0 radical (unpaired) electrons. The first kappa shape index (κ1) is 21.2. The van der Waals surface area contributed by atoms with Crippen LogP contribution in [0.2, 0.25) is 0 Å². The van der Waals surface area contributed by atoms with Gasteiger partial charge >= 0.3 is 0 Å². The van der Waals surface area contributed by atoms with Crippen molar-refractivity contribution in [3.8, 4) is 0 Å². The number of aryl methyl sites for hydroxylation is 1. The third-order valence-corrected chi connectivity index (χ3v) is 7.99. The van der Waals surface area contributed by atoms with E-state index in [0.29, 0.717) is 40.0 Å². The number of aromatic nitrogens is 2. The SMILES string of the molecule is Cc1cc(=O)[nH]c(SCC(=O)Nc2cccc(NC(=O)C34CC5CC(CC(C5)C3)C4)c2)n1. The maximum atomic E-state index is 13.3. The standard InChI is InChI=1S/C24H28N4O3S/c1-14-5-20(29)28-23(25-14)32-13-21(30)26-18-3-2-4-19(9-18)27-22(31)24-10-15-6-16(11-24)8-17(7-15)12-24/h2-5,9,15-17H,6-8,10-13H2,1H3,(H,26,30)(H,27,31)(H,25,28,29). The summed E-state index contributed by atoms with van der Waals surface area (Å²) < 4.78 is 0. The monoisotopic (exact) mass is 452 g/mol. The molecule has 4 fully saturated rings. The number of carbonyl (C=O) groups is 2. The van der Waals surface area contributed by atoms with E-state index in [1.54, 1.807) is 19.1 Å². The maximum Gasteiger partial charge on any atom is 0.251 e. The molecule has 4 aliphatic carbocycles. The number of rotatable bonds is 6. The van der Waals surface area contributed by atoms with Gasteiger partial charge in [-0.2, -0.15) is 0 Å². The molecule has 0 spiro atoms. The fourth-order valence-electron chi connectivity index (χ4n) is 6.28. The van der Waals surface area contributed by atoms with Crippen LogP contribution in [0.15, 0.2) is 40.3 Å². The smallest absolute Gasteiger partial charge is 0.251 e. The predicted molar refractivity (Wildman–Crippen MR) is 125 cm³/mol. The van der Waals surface area contributed by atoms with Gasteiger partial charge in [0.05, 0.1) is 11.2 Å². The Labute approximate surface area is 191 Å². The molecule has 8 heteroatoms. The van der Waals surface area contributed by atoms with Crippen molar-refractivity contribution in [3.63, 3.8) is 0 Å². The summed E-state index contributed by atoms with van der Waals surface area (Å²) in [4.78, 5) is 44.0. The van der Waals surface area contributed by atoms with E-state index in [9.17, 15) is 14.4 Å². The molecule has 2 aromatic rings. The molecule has 2 amide bonds. The largest absolute Gasteiger partial charge is 0.326 e. The van der Waals surface area contributed by atoms with Crippen LogP contribution in [0.25, 0.3) is 0 Å². The van der Waals surface area contributed by atoms with E-state index in [1.807, 2.05) is 12.1 Å². The molecule has 0 aliphatic heterocycles. The van der Waals surface area contributed by atoms with Gasteiger partial charge in [0.25, 0.3) is 5.56 Å². The third-order valence-electron chi connectivity index (χ3n) is 7.11. The van der Waals surface area contributed by atoms with E-state index in [2.05, 4.69) is 20.6 Å². The van der Waals surface area contributed by atoms with Gasteiger partial charge in [0, 0.05) is 23.1 Å². The van der Waals surface area contributed by atoms with E-state index < -0.39 is 0 Å². The fourth-order valence-corrected chi connectivity index (χ4v) is 7.00. The molecule has 0 saturated heterocycles. The maximum absolute atomic E-state index is 13.3. The Kier molecular flexibility index (Phi) is 5.57. The Morgan fingerprint density at radius 2 is 1.69 bits per heavy atom. The van der Waals surface area contributed by atoms with Crippen molar-refractivity contribution in [1.29, 1.82) is 0 Å². The summed E-state index contributed by atoms with van der Waals surface area (Å²) in [5.41, 5.74) is 1.51. The average Bonchev–Trinajstić information content (AvgIpc) is 2.71. The Hall–Kier alpha value is -2.61. The summed E-state index contributed by atoms with van der Waals surface area (Å²) in [5.74, 6) is 2.21. The first-order valence-electron chi connectivity index (χ1n) is 11.3. The van der Waals surface area contributed by atoms with Crippen LogP contribution >= 0.6 is 11.8 Å². The molecule has 4 saturated carbocycles. The first-order chi connectivity index (χ1) is 15.4. The minimum Gasteiger partial charge on any atom is -0.326 e. The minimum absolute atomic E-state index is 0.121. The highest BCUT2D eigenvalue weighted by molar-refractivity contribution is 7.99. The Balaban J connectivity index is 1.20. The summed E-state index contributed by atoms with van der Waals surface area (Å²) in [7, 11) is 0. The van der Waals surface area contributed by atoms with Gasteiger partial charge < -0.3 is 15.6 Å². The number of thioether (sulfide) groups is 1. The number of carbonyl (C=O) groups excluding carboxylic acids is 2. The number of nitrogens with zero attached hydrogens (tertiary/aromatic N) is 1. The van der Waals surface area contributed by atoms with Crippen molar-refractivity contribution >= 4 is 35.0 Å². The second-order valence-electron chi connectivity index (χ2n) is 9.76. The Morgan fingerprint density at radius 3 is 2.31 bits per heavy atom. The highest BCUT2D eigenvalue weighted by Gasteiger charge is 2.54. The lowest BCUT2D eigenvalue weighted by Crippen LogP contribution is -2.51. The normalized spacial score (nSPS) is 27.8. The van der Waals surface area contributed by atoms with Crippen LogP contribution in [0, 0.1) is 30.1 Å². The molecular weight excluding hydrogens is 424 g/mol. The number of nitrogens with one attached hydrogen (secondary N) is 3. The highest BCUT2D eigenvalue weighted by atomic mass is 32.2. The molecule has 1 aromatic heterocycles. The number of hydrogen-bond acceptors (Lipinski definition) is 5. The molecule has 4 bridgehead atoms. The quantitative estimate of drug-likeness (QED) is 0.455.